The molecule has 1 rings (SSSR count). The quantitative estimate of drug-likeness (QED) is 0.779. The monoisotopic (exact) mass is 282 g/mol. The Bertz CT molecular complexity index is 372. The van der Waals surface area contributed by atoms with Gasteiger partial charge in [0, 0.05) is 18.5 Å². The van der Waals surface area contributed by atoms with E-state index in [4.69, 9.17) is 4.74 Å². The zero-order valence-electron chi connectivity index (χ0n) is 12.9. The Labute approximate surface area is 121 Å². The fraction of sp³-hybridized carbons (Fsp3) is 0.733. The molecule has 0 aromatic rings. The summed E-state index contributed by atoms with van der Waals surface area (Å²) in [5.74, 6) is -0.0335. The van der Waals surface area contributed by atoms with E-state index in [1.54, 1.807) is 27.7 Å². The Balaban J connectivity index is 2.27. The number of ether oxygens (including phenoxy) is 1. The van der Waals surface area contributed by atoms with E-state index < -0.39 is 11.7 Å². The molecule has 2 atom stereocenters. The Kier molecular flexibility index (Phi) is 6.05. The molecule has 0 saturated heterocycles. The molecule has 114 valence electrons. The Morgan fingerprint density at radius 3 is 2.60 bits per heavy atom. The van der Waals surface area contributed by atoms with Crippen molar-refractivity contribution < 1.29 is 14.3 Å². The molecule has 0 radical (unpaired) electrons. The van der Waals surface area contributed by atoms with E-state index in [2.05, 4.69) is 22.8 Å². The van der Waals surface area contributed by atoms with Crippen LogP contribution >= 0.6 is 0 Å². The Morgan fingerprint density at radius 2 is 2.05 bits per heavy atom. The zero-order chi connectivity index (χ0) is 15.2. The van der Waals surface area contributed by atoms with Crippen molar-refractivity contribution in [2.24, 2.45) is 0 Å². The minimum Gasteiger partial charge on any atom is -0.444 e. The molecule has 20 heavy (non-hydrogen) atoms. The van der Waals surface area contributed by atoms with Gasteiger partial charge in [0.1, 0.15) is 5.60 Å². The summed E-state index contributed by atoms with van der Waals surface area (Å²) in [6.07, 6.45) is 6.89. The number of carbonyl (C=O) groups excluding carboxylic acids is 2. The highest BCUT2D eigenvalue weighted by Gasteiger charge is 2.20. The molecule has 1 aliphatic carbocycles. The van der Waals surface area contributed by atoms with E-state index in [9.17, 15) is 9.59 Å². The van der Waals surface area contributed by atoms with Crippen LogP contribution in [0.15, 0.2) is 12.2 Å². The predicted molar refractivity (Wildman–Crippen MR) is 78.4 cm³/mol. The normalized spacial score (nSPS) is 20.1. The minimum atomic E-state index is -0.527. The van der Waals surface area contributed by atoms with Gasteiger partial charge in [0.05, 0.1) is 0 Å². The molecular weight excluding hydrogens is 256 g/mol. The van der Waals surface area contributed by atoms with Gasteiger partial charge in [-0.1, -0.05) is 12.2 Å². The average molecular weight is 282 g/mol. The van der Waals surface area contributed by atoms with Crippen molar-refractivity contribution in [3.8, 4) is 0 Å². The number of rotatable bonds is 4. The third-order valence-corrected chi connectivity index (χ3v) is 2.89. The van der Waals surface area contributed by atoms with Crippen molar-refractivity contribution in [2.75, 3.05) is 0 Å². The summed E-state index contributed by atoms with van der Waals surface area (Å²) < 4.78 is 5.15. The molecule has 5 nitrogen and oxygen atoms in total. The van der Waals surface area contributed by atoms with Crippen molar-refractivity contribution in [1.82, 2.24) is 10.6 Å². The molecule has 0 unspecified atom stereocenters. The maximum absolute atomic E-state index is 11.9. The van der Waals surface area contributed by atoms with Crippen LogP contribution in [0.1, 0.15) is 53.4 Å². The van der Waals surface area contributed by atoms with Crippen LogP contribution in [0.3, 0.4) is 0 Å². The van der Waals surface area contributed by atoms with Crippen LogP contribution in [-0.4, -0.2) is 29.7 Å². The van der Waals surface area contributed by atoms with E-state index >= 15 is 0 Å². The van der Waals surface area contributed by atoms with Crippen molar-refractivity contribution >= 4 is 12.0 Å². The van der Waals surface area contributed by atoms with Gasteiger partial charge in [-0.05, 0) is 47.0 Å². The second-order valence-electron chi connectivity index (χ2n) is 6.30. The first-order chi connectivity index (χ1) is 9.26. The fourth-order valence-corrected chi connectivity index (χ4v) is 2.05. The van der Waals surface area contributed by atoms with Gasteiger partial charge in [0.15, 0.2) is 0 Å². The van der Waals surface area contributed by atoms with Gasteiger partial charge in [-0.25, -0.2) is 4.79 Å². The number of allylic oxidation sites excluding steroid dienone is 1. The average Bonchev–Trinajstić information content (AvgIpc) is 2.26. The predicted octanol–water partition coefficient (Wildman–Crippen LogP) is 2.51. The van der Waals surface area contributed by atoms with Gasteiger partial charge in [-0.15, -0.1) is 0 Å². The van der Waals surface area contributed by atoms with Crippen molar-refractivity contribution in [1.29, 1.82) is 0 Å². The smallest absolute Gasteiger partial charge is 0.407 e. The highest BCUT2D eigenvalue weighted by atomic mass is 16.6. The van der Waals surface area contributed by atoms with Crippen LogP contribution in [-0.2, 0) is 9.53 Å². The van der Waals surface area contributed by atoms with Gasteiger partial charge in [0.2, 0.25) is 5.91 Å². The highest BCUT2D eigenvalue weighted by Crippen LogP contribution is 2.11. The highest BCUT2D eigenvalue weighted by molar-refractivity contribution is 5.78. The molecule has 0 aromatic carbocycles. The number of carbonyl (C=O) groups is 2. The first kappa shape index (κ1) is 16.5. The molecule has 0 aromatic heterocycles. The zero-order valence-corrected chi connectivity index (χ0v) is 12.9. The third kappa shape index (κ3) is 7.16. The van der Waals surface area contributed by atoms with Gasteiger partial charge < -0.3 is 15.4 Å². The second kappa shape index (κ2) is 7.31. The lowest BCUT2D eigenvalue weighted by molar-refractivity contribution is -0.122. The number of alkyl carbamates (subject to hydrolysis) is 1. The van der Waals surface area contributed by atoms with Gasteiger partial charge in [-0.3, -0.25) is 4.79 Å². The molecular formula is C15H26N2O3. The molecule has 2 N–H and O–H groups in total. The molecule has 0 bridgehead atoms. The molecule has 5 heteroatoms. The second-order valence-corrected chi connectivity index (χ2v) is 6.30. The first-order valence-corrected chi connectivity index (χ1v) is 7.20. The van der Waals surface area contributed by atoms with Crippen molar-refractivity contribution in [2.45, 2.75) is 71.1 Å². The van der Waals surface area contributed by atoms with Crippen LogP contribution < -0.4 is 10.6 Å². The lowest BCUT2D eigenvalue weighted by atomic mass is 10.0. The Hall–Kier alpha value is -1.52. The molecule has 0 aliphatic heterocycles. The SMILES string of the molecule is C[C@H](CC(=O)N[C@H]1CC=CCC1)NC(=O)OC(C)(C)C. The summed E-state index contributed by atoms with van der Waals surface area (Å²) in [5, 5.41) is 5.66. The van der Waals surface area contributed by atoms with E-state index in [1.807, 2.05) is 0 Å². The maximum Gasteiger partial charge on any atom is 0.407 e. The number of amides is 2. The van der Waals surface area contributed by atoms with E-state index in [0.717, 1.165) is 19.3 Å². The molecule has 0 fully saturated rings. The van der Waals surface area contributed by atoms with Crippen LogP contribution in [0.25, 0.3) is 0 Å². The standard InChI is InChI=1S/C15H26N2O3/c1-11(16-14(19)20-15(2,3)4)10-13(18)17-12-8-6-5-7-9-12/h5-6,11-12H,7-10H2,1-4H3,(H,16,19)(H,17,18)/t11-,12+/m1/s1. The molecule has 0 heterocycles. The summed E-state index contributed by atoms with van der Waals surface area (Å²) >= 11 is 0. The lowest BCUT2D eigenvalue weighted by Gasteiger charge is -2.23. The van der Waals surface area contributed by atoms with Crippen molar-refractivity contribution in [3.05, 3.63) is 12.2 Å². The summed E-state index contributed by atoms with van der Waals surface area (Å²) in [6, 6.07) is -0.0230. The van der Waals surface area contributed by atoms with Crippen LogP contribution in [0.5, 0.6) is 0 Å². The van der Waals surface area contributed by atoms with Gasteiger partial charge in [-0.2, -0.15) is 0 Å². The van der Waals surface area contributed by atoms with Gasteiger partial charge >= 0.3 is 6.09 Å². The maximum atomic E-state index is 11.9. The third-order valence-electron chi connectivity index (χ3n) is 2.89. The first-order valence-electron chi connectivity index (χ1n) is 7.20. The summed E-state index contributed by atoms with van der Waals surface area (Å²) in [5.41, 5.74) is -0.527. The topological polar surface area (TPSA) is 67.4 Å². The largest absolute Gasteiger partial charge is 0.444 e. The van der Waals surface area contributed by atoms with E-state index in [-0.39, 0.29) is 24.4 Å². The van der Waals surface area contributed by atoms with Crippen LogP contribution in [0.2, 0.25) is 0 Å². The van der Waals surface area contributed by atoms with Crippen LogP contribution in [0.4, 0.5) is 4.79 Å². The molecule has 2 amide bonds. The minimum absolute atomic E-state index is 0.0335. The fourth-order valence-electron chi connectivity index (χ4n) is 2.05. The molecule has 1 aliphatic rings. The summed E-state index contributed by atoms with van der Waals surface area (Å²) in [4.78, 5) is 23.4. The molecule has 0 spiro atoms. The number of hydrogen-bond donors (Lipinski definition) is 2. The Morgan fingerprint density at radius 1 is 1.35 bits per heavy atom. The lowest BCUT2D eigenvalue weighted by Crippen LogP contribution is -2.42. The van der Waals surface area contributed by atoms with Gasteiger partial charge in [0.25, 0.3) is 0 Å². The van der Waals surface area contributed by atoms with E-state index in [1.165, 1.54) is 0 Å². The summed E-state index contributed by atoms with van der Waals surface area (Å²) in [6.45, 7) is 7.21. The van der Waals surface area contributed by atoms with Crippen LogP contribution in [0, 0.1) is 0 Å². The summed E-state index contributed by atoms with van der Waals surface area (Å²) in [7, 11) is 0. The number of nitrogens with one attached hydrogen (secondary N) is 2. The number of hydrogen-bond acceptors (Lipinski definition) is 3. The molecule has 0 saturated carbocycles. The van der Waals surface area contributed by atoms with E-state index in [0.29, 0.717) is 0 Å². The van der Waals surface area contributed by atoms with Crippen molar-refractivity contribution in [3.63, 3.8) is 0 Å².